The summed E-state index contributed by atoms with van der Waals surface area (Å²) < 4.78 is 91.9. The van der Waals surface area contributed by atoms with Crippen molar-refractivity contribution in [3.8, 4) is 0 Å². The van der Waals surface area contributed by atoms with Crippen molar-refractivity contribution in [3.05, 3.63) is 35.6 Å². The first-order chi connectivity index (χ1) is 10.1. The second-order valence-corrected chi connectivity index (χ2v) is 5.08. The van der Waals surface area contributed by atoms with E-state index < -0.39 is 35.3 Å². The van der Waals surface area contributed by atoms with E-state index in [0.717, 1.165) is 38.1 Å². The van der Waals surface area contributed by atoms with E-state index in [1.165, 1.54) is 0 Å². The second kappa shape index (κ2) is 5.66. The summed E-state index contributed by atoms with van der Waals surface area (Å²) in [5.74, 6) is -3.76. The van der Waals surface area contributed by atoms with Crippen molar-refractivity contribution in [3.63, 3.8) is 0 Å². The van der Waals surface area contributed by atoms with E-state index in [0.29, 0.717) is 0 Å². The molecule has 0 saturated heterocycles. The van der Waals surface area contributed by atoms with Crippen LogP contribution in [0.2, 0.25) is 0 Å². The van der Waals surface area contributed by atoms with E-state index in [1.807, 2.05) is 0 Å². The van der Waals surface area contributed by atoms with Gasteiger partial charge in [0.05, 0.1) is 0 Å². The van der Waals surface area contributed by atoms with Gasteiger partial charge in [0.2, 0.25) is 0 Å². The zero-order valence-electron chi connectivity index (χ0n) is 11.7. The van der Waals surface area contributed by atoms with Gasteiger partial charge in [-0.05, 0) is 31.5 Å². The molecule has 0 fully saturated rings. The number of hydrogen-bond donors (Lipinski definition) is 0. The van der Waals surface area contributed by atoms with Crippen LogP contribution in [0.15, 0.2) is 24.3 Å². The van der Waals surface area contributed by atoms with Gasteiger partial charge in [0, 0.05) is 0 Å². The number of rotatable bonds is 3. The van der Waals surface area contributed by atoms with Gasteiger partial charge < -0.3 is 9.84 Å². The van der Waals surface area contributed by atoms with E-state index in [1.54, 1.807) is 0 Å². The molecule has 10 heteroatoms. The molecule has 1 rings (SSSR count). The summed E-state index contributed by atoms with van der Waals surface area (Å²) >= 11 is 0. The molecular weight excluding hydrogens is 337 g/mol. The van der Waals surface area contributed by atoms with E-state index >= 15 is 0 Å². The zero-order valence-corrected chi connectivity index (χ0v) is 11.7. The van der Waals surface area contributed by atoms with Crippen molar-refractivity contribution in [2.75, 3.05) is 0 Å². The minimum absolute atomic E-state index is 0.0982. The van der Waals surface area contributed by atoms with Crippen molar-refractivity contribution >= 4 is 5.97 Å². The molecule has 0 bridgehead atoms. The summed E-state index contributed by atoms with van der Waals surface area (Å²) in [5.41, 5.74) is -8.03. The van der Waals surface area contributed by atoms with Crippen LogP contribution in [0.25, 0.3) is 0 Å². The van der Waals surface area contributed by atoms with Crippen LogP contribution in [0.1, 0.15) is 19.4 Å². The average Bonchev–Trinajstić information content (AvgIpc) is 2.34. The highest BCUT2D eigenvalue weighted by atomic mass is 19.4. The second-order valence-electron chi connectivity index (χ2n) is 5.08. The smallest absolute Gasteiger partial charge is 0.399 e. The predicted octanol–water partition coefficient (Wildman–Crippen LogP) is 2.83. The third-order valence-corrected chi connectivity index (χ3v) is 2.97. The third-order valence-electron chi connectivity index (χ3n) is 2.97. The van der Waals surface area contributed by atoms with Gasteiger partial charge in [0.25, 0.3) is 0 Å². The lowest BCUT2D eigenvalue weighted by Crippen LogP contribution is -2.72. The van der Waals surface area contributed by atoms with Crippen LogP contribution < -0.4 is 5.11 Å². The summed E-state index contributed by atoms with van der Waals surface area (Å²) in [5, 5.41) is 11.2. The SMILES string of the molecule is CC(C)(OC(=O)C([O-])(C(F)(F)F)C(F)(F)F)c1ccc(F)cc1. The molecule has 1 aromatic rings. The van der Waals surface area contributed by atoms with Crippen LogP contribution in [-0.2, 0) is 15.1 Å². The van der Waals surface area contributed by atoms with Gasteiger partial charge in [-0.15, -0.1) is 0 Å². The van der Waals surface area contributed by atoms with E-state index in [-0.39, 0.29) is 5.56 Å². The fourth-order valence-corrected chi connectivity index (χ4v) is 1.61. The molecule has 0 unspecified atom stereocenters. The minimum Gasteiger partial charge on any atom is -0.828 e. The lowest BCUT2D eigenvalue weighted by atomic mass is 9.96. The largest absolute Gasteiger partial charge is 0.828 e. The lowest BCUT2D eigenvalue weighted by molar-refractivity contribution is -0.575. The van der Waals surface area contributed by atoms with Gasteiger partial charge >= 0.3 is 18.3 Å². The number of esters is 1. The van der Waals surface area contributed by atoms with Crippen molar-refractivity contribution < 1.29 is 45.4 Å². The van der Waals surface area contributed by atoms with Gasteiger partial charge in [-0.3, -0.25) is 4.79 Å². The van der Waals surface area contributed by atoms with Gasteiger partial charge in [-0.2, -0.15) is 26.3 Å². The van der Waals surface area contributed by atoms with E-state index in [9.17, 15) is 40.6 Å². The van der Waals surface area contributed by atoms with Gasteiger partial charge in [-0.25, -0.2) is 4.39 Å². The standard InChI is InChI=1S/C13H10F7O3/c1-10(2,7-3-5-8(14)6-4-7)23-9(21)11(22,12(15,16)17)13(18,19)20/h3-6H,1-2H3/q-1. The molecule has 0 saturated carbocycles. The number of ether oxygens (including phenoxy) is 1. The van der Waals surface area contributed by atoms with Crippen molar-refractivity contribution in [2.45, 2.75) is 37.4 Å². The van der Waals surface area contributed by atoms with Gasteiger partial charge in [-0.1, -0.05) is 12.1 Å². The molecule has 0 N–H and O–H groups in total. The summed E-state index contributed by atoms with van der Waals surface area (Å²) in [6.07, 6.45) is -12.9. The number of benzene rings is 1. The molecule has 23 heavy (non-hydrogen) atoms. The molecule has 0 aliphatic rings. The van der Waals surface area contributed by atoms with E-state index in [4.69, 9.17) is 0 Å². The first kappa shape index (κ1) is 19.2. The van der Waals surface area contributed by atoms with Crippen LogP contribution in [-0.4, -0.2) is 23.9 Å². The maximum atomic E-state index is 12.8. The Kier molecular flexibility index (Phi) is 4.73. The van der Waals surface area contributed by atoms with Crippen LogP contribution in [0, 0.1) is 5.82 Å². The first-order valence-electron chi connectivity index (χ1n) is 5.96. The van der Waals surface area contributed by atoms with Crippen LogP contribution in [0.4, 0.5) is 30.7 Å². The van der Waals surface area contributed by atoms with Crippen molar-refractivity contribution in [2.24, 2.45) is 0 Å². The quantitative estimate of drug-likeness (QED) is 0.624. The average molecular weight is 347 g/mol. The molecule has 0 atom stereocenters. The molecule has 0 aliphatic heterocycles. The third kappa shape index (κ3) is 3.57. The number of carbonyl (C=O) groups excluding carboxylic acids is 1. The number of halogens is 7. The van der Waals surface area contributed by atoms with E-state index in [2.05, 4.69) is 4.74 Å². The Balaban J connectivity index is 3.19. The Hall–Kier alpha value is -1.84. The molecule has 0 aliphatic carbocycles. The normalized spacial score (nSPS) is 13.8. The molecule has 0 heterocycles. The zero-order chi connectivity index (χ0) is 18.3. The van der Waals surface area contributed by atoms with Crippen LogP contribution in [0.3, 0.4) is 0 Å². The topological polar surface area (TPSA) is 49.4 Å². The number of carbonyl (C=O) groups is 1. The molecule has 0 radical (unpaired) electrons. The Bertz CT molecular complexity index is 559. The van der Waals surface area contributed by atoms with Gasteiger partial charge in [0.15, 0.2) is 5.60 Å². The van der Waals surface area contributed by atoms with Crippen molar-refractivity contribution in [1.82, 2.24) is 0 Å². The Morgan fingerprint density at radius 2 is 1.35 bits per heavy atom. The lowest BCUT2D eigenvalue weighted by Gasteiger charge is -2.42. The van der Waals surface area contributed by atoms with Gasteiger partial charge in [0.1, 0.15) is 11.4 Å². The molecular formula is C13H10F7O3-. The fourth-order valence-electron chi connectivity index (χ4n) is 1.61. The predicted molar refractivity (Wildman–Crippen MR) is 60.4 cm³/mol. The maximum absolute atomic E-state index is 12.8. The highest BCUT2D eigenvalue weighted by Gasteiger charge is 2.68. The summed E-state index contributed by atoms with van der Waals surface area (Å²) in [6.45, 7) is 1.93. The fraction of sp³-hybridized carbons (Fsp3) is 0.462. The molecule has 3 nitrogen and oxygen atoms in total. The summed E-state index contributed by atoms with van der Waals surface area (Å²) in [4.78, 5) is 11.4. The Morgan fingerprint density at radius 3 is 1.70 bits per heavy atom. The number of alkyl halides is 6. The molecule has 0 aromatic heterocycles. The maximum Gasteiger partial charge on any atom is 0.399 e. The molecule has 0 spiro atoms. The molecule has 0 amide bonds. The molecule has 130 valence electrons. The van der Waals surface area contributed by atoms with Crippen LogP contribution in [0.5, 0.6) is 0 Å². The minimum atomic E-state index is -6.44. The highest BCUT2D eigenvalue weighted by molar-refractivity contribution is 5.81. The number of hydrogen-bond acceptors (Lipinski definition) is 3. The monoisotopic (exact) mass is 347 g/mol. The Morgan fingerprint density at radius 1 is 0.957 bits per heavy atom. The highest BCUT2D eigenvalue weighted by Crippen LogP contribution is 2.43. The first-order valence-corrected chi connectivity index (χ1v) is 5.96. The Labute approximate surface area is 125 Å². The van der Waals surface area contributed by atoms with Crippen molar-refractivity contribution in [1.29, 1.82) is 0 Å². The van der Waals surface area contributed by atoms with Crippen LogP contribution >= 0.6 is 0 Å². The molecule has 1 aromatic carbocycles. The summed E-state index contributed by atoms with van der Waals surface area (Å²) in [7, 11) is 0. The summed E-state index contributed by atoms with van der Waals surface area (Å²) in [6, 6.07) is 3.72.